The van der Waals surface area contributed by atoms with Gasteiger partial charge in [0.2, 0.25) is 0 Å². The van der Waals surface area contributed by atoms with E-state index in [9.17, 15) is 13.2 Å². The molecule has 2 N–H and O–H groups in total. The van der Waals surface area contributed by atoms with Crippen LogP contribution in [0.1, 0.15) is 0 Å². The summed E-state index contributed by atoms with van der Waals surface area (Å²) < 4.78 is 31.6. The van der Waals surface area contributed by atoms with Crippen molar-refractivity contribution in [2.75, 3.05) is 11.8 Å². The number of aromatic amines is 1. The van der Waals surface area contributed by atoms with Crippen molar-refractivity contribution >= 4 is 27.3 Å². The summed E-state index contributed by atoms with van der Waals surface area (Å²) in [6.45, 7) is 0. The lowest BCUT2D eigenvalue weighted by Gasteiger charge is -2.09. The van der Waals surface area contributed by atoms with Crippen LogP contribution in [0.25, 0.3) is 0 Å². The van der Waals surface area contributed by atoms with Crippen LogP contribution in [0.15, 0.2) is 46.2 Å². The van der Waals surface area contributed by atoms with E-state index in [1.807, 2.05) is 0 Å². The Labute approximate surface area is 120 Å². The molecule has 2 aromatic rings. The van der Waals surface area contributed by atoms with Gasteiger partial charge in [-0.25, -0.2) is 8.42 Å². The van der Waals surface area contributed by atoms with Crippen LogP contribution in [0.2, 0.25) is 5.02 Å². The minimum atomic E-state index is -3.84. The fourth-order valence-electron chi connectivity index (χ4n) is 1.49. The molecule has 0 fully saturated rings. The third-order valence-electron chi connectivity index (χ3n) is 2.46. The number of sulfonamides is 1. The number of hydrogen-bond donors (Lipinski definition) is 2. The molecule has 0 atom stereocenters. The first-order valence-electron chi connectivity index (χ1n) is 5.47. The zero-order valence-corrected chi connectivity index (χ0v) is 12.0. The van der Waals surface area contributed by atoms with Crippen LogP contribution < -0.4 is 15.0 Å². The molecule has 2 rings (SSSR count). The van der Waals surface area contributed by atoms with E-state index < -0.39 is 15.6 Å². The van der Waals surface area contributed by atoms with Gasteiger partial charge in [0.05, 0.1) is 12.8 Å². The van der Waals surface area contributed by atoms with Crippen molar-refractivity contribution in [2.45, 2.75) is 4.90 Å². The first-order valence-corrected chi connectivity index (χ1v) is 7.33. The van der Waals surface area contributed by atoms with Gasteiger partial charge in [-0.05, 0) is 18.2 Å². The van der Waals surface area contributed by atoms with E-state index in [2.05, 4.69) is 9.71 Å². The summed E-state index contributed by atoms with van der Waals surface area (Å²) in [6.07, 6.45) is 1.08. The van der Waals surface area contributed by atoms with Gasteiger partial charge in [-0.15, -0.1) is 0 Å². The Morgan fingerprint density at radius 3 is 2.70 bits per heavy atom. The van der Waals surface area contributed by atoms with E-state index in [0.29, 0.717) is 11.4 Å². The van der Waals surface area contributed by atoms with Crippen LogP contribution in [0.4, 0.5) is 5.69 Å². The molecular weight excluding hydrogens is 304 g/mol. The van der Waals surface area contributed by atoms with E-state index >= 15 is 0 Å². The quantitative estimate of drug-likeness (QED) is 0.901. The number of aromatic nitrogens is 1. The molecule has 106 valence electrons. The minimum Gasteiger partial charge on any atom is -0.497 e. The van der Waals surface area contributed by atoms with Crippen LogP contribution in [0.5, 0.6) is 5.75 Å². The average molecular weight is 315 g/mol. The highest BCUT2D eigenvalue weighted by atomic mass is 35.5. The summed E-state index contributed by atoms with van der Waals surface area (Å²) in [7, 11) is -2.36. The topological polar surface area (TPSA) is 88.3 Å². The van der Waals surface area contributed by atoms with Gasteiger partial charge in [-0.2, -0.15) is 0 Å². The number of benzene rings is 1. The molecule has 20 heavy (non-hydrogen) atoms. The predicted octanol–water partition coefficient (Wildman–Crippen LogP) is 1.84. The molecule has 6 nitrogen and oxygen atoms in total. The molecule has 8 heteroatoms. The summed E-state index contributed by atoms with van der Waals surface area (Å²) in [5, 5.41) is -0.196. The summed E-state index contributed by atoms with van der Waals surface area (Å²) >= 11 is 5.61. The highest BCUT2D eigenvalue weighted by Crippen LogP contribution is 2.20. The second-order valence-corrected chi connectivity index (χ2v) is 5.94. The SMILES string of the molecule is COc1cccc(NS(=O)(=O)c2c[nH]c(=O)c(Cl)c2)c1. The molecule has 0 aliphatic rings. The smallest absolute Gasteiger partial charge is 0.266 e. The summed E-state index contributed by atoms with van der Waals surface area (Å²) in [4.78, 5) is 13.2. The molecule has 0 radical (unpaired) electrons. The maximum absolute atomic E-state index is 12.1. The molecule has 0 saturated heterocycles. The van der Waals surface area contributed by atoms with Gasteiger partial charge in [0.15, 0.2) is 0 Å². The third kappa shape index (κ3) is 3.12. The van der Waals surface area contributed by atoms with Gasteiger partial charge < -0.3 is 9.72 Å². The molecule has 0 unspecified atom stereocenters. The Morgan fingerprint density at radius 1 is 1.30 bits per heavy atom. The third-order valence-corrected chi connectivity index (χ3v) is 4.11. The Balaban J connectivity index is 2.35. The number of methoxy groups -OCH3 is 1. The maximum Gasteiger partial charge on any atom is 0.266 e. The lowest BCUT2D eigenvalue weighted by molar-refractivity contribution is 0.415. The predicted molar refractivity (Wildman–Crippen MR) is 75.9 cm³/mol. The van der Waals surface area contributed by atoms with Gasteiger partial charge in [0.25, 0.3) is 15.6 Å². The highest BCUT2D eigenvalue weighted by molar-refractivity contribution is 7.92. The second-order valence-electron chi connectivity index (χ2n) is 3.85. The molecule has 0 amide bonds. The molecule has 0 aliphatic carbocycles. The number of halogens is 1. The summed E-state index contributed by atoms with van der Waals surface area (Å²) in [5.74, 6) is 0.518. The van der Waals surface area contributed by atoms with Crippen molar-refractivity contribution in [3.63, 3.8) is 0 Å². The zero-order chi connectivity index (χ0) is 14.8. The summed E-state index contributed by atoms with van der Waals surface area (Å²) in [6, 6.07) is 7.53. The molecule has 0 spiro atoms. The van der Waals surface area contributed by atoms with Gasteiger partial charge in [0, 0.05) is 12.3 Å². The molecule has 0 saturated carbocycles. The van der Waals surface area contributed by atoms with E-state index in [0.717, 1.165) is 12.3 Å². The first kappa shape index (κ1) is 14.4. The fraction of sp³-hybridized carbons (Fsp3) is 0.0833. The number of H-pyrrole nitrogens is 1. The Hall–Kier alpha value is -1.99. The lowest BCUT2D eigenvalue weighted by Crippen LogP contribution is -2.16. The largest absolute Gasteiger partial charge is 0.497 e. The van der Waals surface area contributed by atoms with Crippen molar-refractivity contribution in [3.05, 3.63) is 51.9 Å². The first-order chi connectivity index (χ1) is 9.42. The Morgan fingerprint density at radius 2 is 2.05 bits per heavy atom. The molecular formula is C12H11ClN2O4S. The lowest BCUT2D eigenvalue weighted by atomic mass is 10.3. The van der Waals surface area contributed by atoms with Crippen molar-refractivity contribution in [1.29, 1.82) is 0 Å². The molecule has 0 bridgehead atoms. The average Bonchev–Trinajstić information content (AvgIpc) is 2.41. The number of pyridine rings is 1. The number of rotatable bonds is 4. The van der Waals surface area contributed by atoms with Crippen molar-refractivity contribution in [1.82, 2.24) is 4.98 Å². The van der Waals surface area contributed by atoms with E-state index in [-0.39, 0.29) is 9.92 Å². The standard InChI is InChI=1S/C12H11ClN2O4S/c1-19-9-4-2-3-8(5-9)15-20(17,18)10-6-11(13)12(16)14-7-10/h2-7,15H,1H3,(H,14,16). The number of hydrogen-bond acceptors (Lipinski definition) is 4. The van der Waals surface area contributed by atoms with Crippen LogP contribution in [-0.4, -0.2) is 20.5 Å². The van der Waals surface area contributed by atoms with E-state index in [1.54, 1.807) is 18.2 Å². The Kier molecular flexibility index (Phi) is 4.01. The minimum absolute atomic E-state index is 0.134. The van der Waals surface area contributed by atoms with Crippen LogP contribution >= 0.6 is 11.6 Å². The van der Waals surface area contributed by atoms with Crippen LogP contribution in [0, 0.1) is 0 Å². The fourth-order valence-corrected chi connectivity index (χ4v) is 2.77. The van der Waals surface area contributed by atoms with Gasteiger partial charge in [-0.1, -0.05) is 17.7 Å². The van der Waals surface area contributed by atoms with Gasteiger partial charge in [-0.3, -0.25) is 9.52 Å². The van der Waals surface area contributed by atoms with Gasteiger partial charge >= 0.3 is 0 Å². The van der Waals surface area contributed by atoms with E-state index in [4.69, 9.17) is 16.3 Å². The second kappa shape index (κ2) is 5.56. The monoisotopic (exact) mass is 314 g/mol. The van der Waals surface area contributed by atoms with E-state index in [1.165, 1.54) is 13.2 Å². The molecule has 0 aliphatic heterocycles. The van der Waals surface area contributed by atoms with Crippen molar-refractivity contribution in [2.24, 2.45) is 0 Å². The number of anilines is 1. The van der Waals surface area contributed by atoms with Crippen LogP contribution in [-0.2, 0) is 10.0 Å². The Bertz CT molecular complexity index is 786. The molecule has 1 aromatic heterocycles. The number of nitrogens with one attached hydrogen (secondary N) is 2. The summed E-state index contributed by atoms with van der Waals surface area (Å²) in [5.41, 5.74) is -0.210. The zero-order valence-electron chi connectivity index (χ0n) is 10.4. The maximum atomic E-state index is 12.1. The molecule has 1 aromatic carbocycles. The normalized spacial score (nSPS) is 11.1. The van der Waals surface area contributed by atoms with Gasteiger partial charge in [0.1, 0.15) is 15.7 Å². The molecule has 1 heterocycles. The number of ether oxygens (including phenoxy) is 1. The van der Waals surface area contributed by atoms with Crippen molar-refractivity contribution in [3.8, 4) is 5.75 Å². The van der Waals surface area contributed by atoms with Crippen molar-refractivity contribution < 1.29 is 13.2 Å². The van der Waals surface area contributed by atoms with Crippen LogP contribution in [0.3, 0.4) is 0 Å². The highest BCUT2D eigenvalue weighted by Gasteiger charge is 2.16.